The Hall–Kier alpha value is -2.41. The zero-order valence-corrected chi connectivity index (χ0v) is 10.5. The van der Waals surface area contributed by atoms with Gasteiger partial charge in [-0.25, -0.2) is 4.63 Å². The molecule has 0 aliphatic carbocycles. The van der Waals surface area contributed by atoms with E-state index in [1.807, 2.05) is 12.1 Å². The monoisotopic (exact) mass is 277 g/mol. The fourth-order valence-electron chi connectivity index (χ4n) is 1.55. The Bertz CT molecular complexity index is 730. The van der Waals surface area contributed by atoms with Crippen LogP contribution in [0, 0.1) is 0 Å². The Balaban J connectivity index is 2.03. The summed E-state index contributed by atoms with van der Waals surface area (Å²) in [6, 6.07) is 7.20. The highest BCUT2D eigenvalue weighted by atomic mass is 35.5. The van der Waals surface area contributed by atoms with Gasteiger partial charge in [-0.15, -0.1) is 0 Å². The van der Waals surface area contributed by atoms with Crippen molar-refractivity contribution >= 4 is 34.4 Å². The molecule has 0 amide bonds. The third-order valence-corrected chi connectivity index (χ3v) is 2.60. The van der Waals surface area contributed by atoms with Crippen molar-refractivity contribution in [1.29, 1.82) is 0 Å². The first-order chi connectivity index (χ1) is 9.26. The average molecular weight is 278 g/mol. The largest absolute Gasteiger partial charge is 0.478 e. The highest BCUT2D eigenvalue weighted by molar-refractivity contribution is 6.30. The van der Waals surface area contributed by atoms with Gasteiger partial charge in [0.2, 0.25) is 11.3 Å². The Morgan fingerprint density at radius 3 is 2.74 bits per heavy atom. The first kappa shape index (κ1) is 11.7. The molecule has 96 valence electrons. The minimum absolute atomic E-state index is 0.286. The van der Waals surface area contributed by atoms with E-state index in [0.29, 0.717) is 22.4 Å². The molecule has 0 fully saturated rings. The number of fused-ring (bicyclic) bond motifs is 1. The van der Waals surface area contributed by atoms with Crippen molar-refractivity contribution < 1.29 is 9.37 Å². The fraction of sp³-hybridized carbons (Fsp3) is 0.0909. The number of benzene rings is 1. The minimum atomic E-state index is 0.286. The summed E-state index contributed by atoms with van der Waals surface area (Å²) in [5.74, 6) is 0.705. The van der Waals surface area contributed by atoms with Crippen LogP contribution in [0.3, 0.4) is 0 Å². The van der Waals surface area contributed by atoms with E-state index >= 15 is 0 Å². The van der Waals surface area contributed by atoms with Gasteiger partial charge in [0.05, 0.1) is 7.11 Å². The number of anilines is 2. The quantitative estimate of drug-likeness (QED) is 0.786. The molecule has 0 aliphatic heterocycles. The average Bonchev–Trinajstić information content (AvgIpc) is 2.85. The summed E-state index contributed by atoms with van der Waals surface area (Å²) < 4.78 is 9.71. The van der Waals surface area contributed by atoms with Gasteiger partial charge in [-0.05, 0) is 28.5 Å². The summed E-state index contributed by atoms with van der Waals surface area (Å²) >= 11 is 5.92. The van der Waals surface area contributed by atoms with Crippen molar-refractivity contribution in [2.45, 2.75) is 0 Å². The van der Waals surface area contributed by atoms with Crippen LogP contribution in [-0.2, 0) is 0 Å². The maximum Gasteiger partial charge on any atom is 0.259 e. The predicted molar refractivity (Wildman–Crippen MR) is 68.7 cm³/mol. The van der Waals surface area contributed by atoms with E-state index in [4.69, 9.17) is 16.3 Å². The first-order valence-corrected chi connectivity index (χ1v) is 5.71. The standard InChI is InChI=1S/C11H8ClN5O2/c1-18-11-10(13-7-4-2-3-6(12)5-7)14-8-9(15-11)17-19-16-8/h2-5H,1H3,(H,13,14,16). The third kappa shape index (κ3) is 2.27. The lowest BCUT2D eigenvalue weighted by Crippen LogP contribution is -2.00. The van der Waals surface area contributed by atoms with Crippen LogP contribution in [0.15, 0.2) is 28.9 Å². The number of nitrogens with zero attached hydrogens (tertiary/aromatic N) is 4. The number of ether oxygens (including phenoxy) is 1. The van der Waals surface area contributed by atoms with E-state index < -0.39 is 0 Å². The number of hydrogen-bond acceptors (Lipinski definition) is 7. The molecule has 0 unspecified atom stereocenters. The molecule has 0 spiro atoms. The highest BCUT2D eigenvalue weighted by Gasteiger charge is 2.13. The zero-order chi connectivity index (χ0) is 13.2. The summed E-state index contributed by atoms with van der Waals surface area (Å²) in [4.78, 5) is 8.35. The maximum absolute atomic E-state index is 5.92. The van der Waals surface area contributed by atoms with Crippen molar-refractivity contribution in [3.05, 3.63) is 29.3 Å². The van der Waals surface area contributed by atoms with Gasteiger partial charge in [-0.1, -0.05) is 17.7 Å². The second-order valence-corrected chi connectivity index (χ2v) is 4.06. The molecule has 2 aromatic heterocycles. The van der Waals surface area contributed by atoms with E-state index in [1.165, 1.54) is 7.11 Å². The molecule has 19 heavy (non-hydrogen) atoms. The molecular formula is C11H8ClN5O2. The molecule has 2 heterocycles. The normalized spacial score (nSPS) is 10.6. The summed E-state index contributed by atoms with van der Waals surface area (Å²) in [6.45, 7) is 0. The molecular weight excluding hydrogens is 270 g/mol. The maximum atomic E-state index is 5.92. The van der Waals surface area contributed by atoms with Crippen molar-refractivity contribution in [2.75, 3.05) is 12.4 Å². The van der Waals surface area contributed by atoms with Crippen LogP contribution in [-0.4, -0.2) is 27.4 Å². The lowest BCUT2D eigenvalue weighted by atomic mass is 10.3. The van der Waals surface area contributed by atoms with Crippen LogP contribution in [0.1, 0.15) is 0 Å². The van der Waals surface area contributed by atoms with E-state index in [0.717, 1.165) is 5.69 Å². The molecule has 0 saturated heterocycles. The highest BCUT2D eigenvalue weighted by Crippen LogP contribution is 2.26. The second kappa shape index (κ2) is 4.69. The minimum Gasteiger partial charge on any atom is -0.478 e. The van der Waals surface area contributed by atoms with Crippen LogP contribution in [0.25, 0.3) is 11.3 Å². The second-order valence-electron chi connectivity index (χ2n) is 3.63. The summed E-state index contributed by atoms with van der Waals surface area (Å²) in [5, 5.41) is 10.9. The van der Waals surface area contributed by atoms with Gasteiger partial charge in [0.1, 0.15) is 0 Å². The van der Waals surface area contributed by atoms with Crippen LogP contribution >= 0.6 is 11.6 Å². The van der Waals surface area contributed by atoms with Crippen LogP contribution < -0.4 is 10.1 Å². The summed E-state index contributed by atoms with van der Waals surface area (Å²) in [6.07, 6.45) is 0. The van der Waals surface area contributed by atoms with Crippen LogP contribution in [0.5, 0.6) is 5.88 Å². The molecule has 3 rings (SSSR count). The summed E-state index contributed by atoms with van der Waals surface area (Å²) in [7, 11) is 1.49. The molecule has 0 radical (unpaired) electrons. The Morgan fingerprint density at radius 1 is 1.21 bits per heavy atom. The SMILES string of the molecule is COc1nc2nonc2nc1Nc1cccc(Cl)c1. The van der Waals surface area contributed by atoms with Crippen molar-refractivity contribution in [3.8, 4) is 5.88 Å². The molecule has 8 heteroatoms. The number of nitrogens with one attached hydrogen (secondary N) is 1. The molecule has 0 atom stereocenters. The topological polar surface area (TPSA) is 86.0 Å². The molecule has 1 aromatic carbocycles. The van der Waals surface area contributed by atoms with Crippen molar-refractivity contribution in [2.24, 2.45) is 0 Å². The lowest BCUT2D eigenvalue weighted by Gasteiger charge is -2.08. The van der Waals surface area contributed by atoms with E-state index in [1.54, 1.807) is 12.1 Å². The Kier molecular flexibility index (Phi) is 2.88. The molecule has 0 saturated carbocycles. The van der Waals surface area contributed by atoms with Gasteiger partial charge in [0.15, 0.2) is 5.82 Å². The molecule has 1 N–H and O–H groups in total. The number of methoxy groups -OCH3 is 1. The van der Waals surface area contributed by atoms with Gasteiger partial charge in [-0.2, -0.15) is 9.97 Å². The number of aromatic nitrogens is 4. The van der Waals surface area contributed by atoms with Gasteiger partial charge in [0, 0.05) is 10.7 Å². The Labute approximate surface area is 112 Å². The van der Waals surface area contributed by atoms with Gasteiger partial charge < -0.3 is 10.1 Å². The van der Waals surface area contributed by atoms with E-state index in [-0.39, 0.29) is 5.65 Å². The number of halogens is 1. The lowest BCUT2D eigenvalue weighted by molar-refractivity contribution is 0.313. The molecule has 3 aromatic rings. The first-order valence-electron chi connectivity index (χ1n) is 5.33. The Morgan fingerprint density at radius 2 is 2.00 bits per heavy atom. The van der Waals surface area contributed by atoms with Gasteiger partial charge >= 0.3 is 0 Å². The predicted octanol–water partition coefficient (Wildman–Crippen LogP) is 2.42. The number of hydrogen-bond donors (Lipinski definition) is 1. The molecule has 7 nitrogen and oxygen atoms in total. The van der Waals surface area contributed by atoms with E-state index in [2.05, 4.69) is 30.2 Å². The van der Waals surface area contributed by atoms with Crippen LogP contribution in [0.2, 0.25) is 5.02 Å². The third-order valence-electron chi connectivity index (χ3n) is 2.36. The fourth-order valence-corrected chi connectivity index (χ4v) is 1.74. The van der Waals surface area contributed by atoms with E-state index in [9.17, 15) is 0 Å². The van der Waals surface area contributed by atoms with Crippen LogP contribution in [0.4, 0.5) is 11.5 Å². The smallest absolute Gasteiger partial charge is 0.259 e. The van der Waals surface area contributed by atoms with Crippen molar-refractivity contribution in [3.63, 3.8) is 0 Å². The number of rotatable bonds is 3. The zero-order valence-electron chi connectivity index (χ0n) is 9.79. The molecule has 0 aliphatic rings. The van der Waals surface area contributed by atoms with Gasteiger partial charge in [-0.3, -0.25) is 0 Å². The molecule has 0 bridgehead atoms. The van der Waals surface area contributed by atoms with Crippen molar-refractivity contribution in [1.82, 2.24) is 20.3 Å². The van der Waals surface area contributed by atoms with Gasteiger partial charge in [0.25, 0.3) is 5.88 Å². The summed E-state index contributed by atoms with van der Waals surface area (Å²) in [5.41, 5.74) is 1.34.